The van der Waals surface area contributed by atoms with Crippen LogP contribution in [0.3, 0.4) is 0 Å². The number of likely N-dealkylation sites (tertiary alicyclic amines) is 1. The summed E-state index contributed by atoms with van der Waals surface area (Å²) in [5.41, 5.74) is 0. The average molecular weight is 290 g/mol. The Morgan fingerprint density at radius 3 is 2.81 bits per heavy atom. The van der Waals surface area contributed by atoms with E-state index in [4.69, 9.17) is 0 Å². The van der Waals surface area contributed by atoms with Crippen LogP contribution in [0.2, 0.25) is 0 Å². The smallest absolute Gasteiger partial charge is 0.222 e. The minimum atomic E-state index is 0.384. The molecule has 2 nitrogen and oxygen atoms in total. The summed E-state index contributed by atoms with van der Waals surface area (Å²) in [7, 11) is 0. The number of halogens is 1. The highest BCUT2D eigenvalue weighted by Crippen LogP contribution is 2.20. The lowest BCUT2D eigenvalue weighted by Crippen LogP contribution is -2.39. The summed E-state index contributed by atoms with van der Waals surface area (Å²) in [4.78, 5) is 14.3. The van der Waals surface area contributed by atoms with Crippen molar-refractivity contribution in [2.24, 2.45) is 0 Å². The number of carbonyl (C=O) groups is 1. The highest BCUT2D eigenvalue weighted by Gasteiger charge is 2.23. The third-order valence-corrected chi connectivity index (χ3v) is 4.00. The van der Waals surface area contributed by atoms with Gasteiger partial charge in [-0.15, -0.1) is 0 Å². The van der Waals surface area contributed by atoms with Gasteiger partial charge in [-0.3, -0.25) is 4.79 Å². The van der Waals surface area contributed by atoms with Gasteiger partial charge in [0.25, 0.3) is 0 Å². The molecule has 0 radical (unpaired) electrons. The van der Waals surface area contributed by atoms with Gasteiger partial charge in [0.2, 0.25) is 5.91 Å². The van der Waals surface area contributed by atoms with Crippen LogP contribution in [0.5, 0.6) is 0 Å². The van der Waals surface area contributed by atoms with Crippen molar-refractivity contribution in [1.29, 1.82) is 0 Å². The number of carbonyl (C=O) groups excluding carboxylic acids is 1. The topological polar surface area (TPSA) is 20.3 Å². The molecule has 1 unspecified atom stereocenters. The molecule has 0 saturated carbocycles. The molecule has 1 aliphatic rings. The fourth-order valence-corrected chi connectivity index (χ4v) is 2.84. The van der Waals surface area contributed by atoms with Gasteiger partial charge in [0.15, 0.2) is 0 Å². The van der Waals surface area contributed by atoms with Crippen molar-refractivity contribution in [2.45, 2.75) is 64.3 Å². The normalized spacial score (nSPS) is 21.9. The van der Waals surface area contributed by atoms with Crippen molar-refractivity contribution in [3.05, 3.63) is 0 Å². The molecule has 16 heavy (non-hydrogen) atoms. The first-order valence-corrected chi connectivity index (χ1v) is 7.77. The molecule has 1 atom stereocenters. The van der Waals surface area contributed by atoms with Crippen molar-refractivity contribution in [2.75, 3.05) is 11.9 Å². The summed E-state index contributed by atoms with van der Waals surface area (Å²) in [6, 6.07) is 0.513. The van der Waals surface area contributed by atoms with Crippen LogP contribution in [0.4, 0.5) is 0 Å². The zero-order valence-electron chi connectivity index (χ0n) is 10.4. The quantitative estimate of drug-likeness (QED) is 0.558. The highest BCUT2D eigenvalue weighted by atomic mass is 79.9. The number of unbranched alkanes of at least 4 members (excludes halogenated alkanes) is 1. The monoisotopic (exact) mass is 289 g/mol. The summed E-state index contributed by atoms with van der Waals surface area (Å²) in [6.45, 7) is 3.19. The summed E-state index contributed by atoms with van der Waals surface area (Å²) in [6.07, 6.45) is 8.98. The van der Waals surface area contributed by atoms with E-state index < -0.39 is 0 Å². The van der Waals surface area contributed by atoms with Gasteiger partial charge in [0.1, 0.15) is 0 Å². The largest absolute Gasteiger partial charge is 0.340 e. The molecule has 0 aromatic carbocycles. The van der Waals surface area contributed by atoms with Gasteiger partial charge in [-0.25, -0.2) is 0 Å². The first kappa shape index (κ1) is 14.0. The highest BCUT2D eigenvalue weighted by molar-refractivity contribution is 9.09. The van der Waals surface area contributed by atoms with Crippen LogP contribution in [0.1, 0.15) is 58.3 Å². The van der Waals surface area contributed by atoms with Crippen LogP contribution in [-0.4, -0.2) is 28.7 Å². The third-order valence-electron chi connectivity index (χ3n) is 3.44. The molecule has 0 bridgehead atoms. The minimum absolute atomic E-state index is 0.384. The molecule has 1 rings (SSSR count). The van der Waals surface area contributed by atoms with Gasteiger partial charge in [0.05, 0.1) is 0 Å². The van der Waals surface area contributed by atoms with E-state index in [2.05, 4.69) is 27.8 Å². The lowest BCUT2D eigenvalue weighted by molar-refractivity contribution is -0.133. The number of amides is 1. The van der Waals surface area contributed by atoms with E-state index in [9.17, 15) is 4.79 Å². The maximum absolute atomic E-state index is 12.1. The van der Waals surface area contributed by atoms with E-state index in [1.165, 1.54) is 25.7 Å². The van der Waals surface area contributed by atoms with E-state index in [-0.39, 0.29) is 0 Å². The fourth-order valence-electron chi connectivity index (χ4n) is 2.44. The second-order valence-corrected chi connectivity index (χ2v) is 5.44. The van der Waals surface area contributed by atoms with Crippen LogP contribution in [0.15, 0.2) is 0 Å². The number of alkyl halides is 1. The molecule has 0 aromatic heterocycles. The molecule has 1 heterocycles. The van der Waals surface area contributed by atoms with Crippen molar-refractivity contribution in [3.8, 4) is 0 Å². The van der Waals surface area contributed by atoms with E-state index in [1.807, 2.05) is 0 Å². The first-order valence-electron chi connectivity index (χ1n) is 6.65. The first-order chi connectivity index (χ1) is 7.79. The van der Waals surface area contributed by atoms with Crippen LogP contribution in [0.25, 0.3) is 0 Å². The third kappa shape index (κ3) is 4.44. The second-order valence-electron chi connectivity index (χ2n) is 4.64. The van der Waals surface area contributed by atoms with Crippen LogP contribution in [-0.2, 0) is 4.79 Å². The molecule has 94 valence electrons. The Morgan fingerprint density at radius 2 is 2.12 bits per heavy atom. The van der Waals surface area contributed by atoms with Gasteiger partial charge in [0, 0.05) is 24.3 Å². The van der Waals surface area contributed by atoms with E-state index in [0.717, 1.165) is 37.6 Å². The molecule has 0 aliphatic carbocycles. The number of hydrogen-bond acceptors (Lipinski definition) is 1. The van der Waals surface area contributed by atoms with E-state index in [0.29, 0.717) is 11.9 Å². The van der Waals surface area contributed by atoms with Gasteiger partial charge >= 0.3 is 0 Å². The van der Waals surface area contributed by atoms with Crippen molar-refractivity contribution in [3.63, 3.8) is 0 Å². The van der Waals surface area contributed by atoms with Gasteiger partial charge in [-0.05, 0) is 32.1 Å². The van der Waals surface area contributed by atoms with Crippen molar-refractivity contribution in [1.82, 2.24) is 4.90 Å². The Balaban J connectivity index is 2.42. The minimum Gasteiger partial charge on any atom is -0.340 e. The van der Waals surface area contributed by atoms with Crippen LogP contribution < -0.4 is 0 Å². The predicted molar refractivity (Wildman–Crippen MR) is 71.9 cm³/mol. The molecule has 0 aromatic rings. The molecule has 0 N–H and O–H groups in total. The number of nitrogens with zero attached hydrogens (tertiary/aromatic N) is 1. The molecule has 1 saturated heterocycles. The molecule has 0 spiro atoms. The van der Waals surface area contributed by atoms with Gasteiger partial charge in [-0.2, -0.15) is 0 Å². The Kier molecular flexibility index (Phi) is 7.10. The maximum Gasteiger partial charge on any atom is 0.222 e. The van der Waals surface area contributed by atoms with E-state index >= 15 is 0 Å². The molecule has 1 amide bonds. The summed E-state index contributed by atoms with van der Waals surface area (Å²) in [5.74, 6) is 0.384. The summed E-state index contributed by atoms with van der Waals surface area (Å²) < 4.78 is 0. The lowest BCUT2D eigenvalue weighted by atomic mass is 10.1. The van der Waals surface area contributed by atoms with Crippen LogP contribution >= 0.6 is 15.9 Å². The van der Waals surface area contributed by atoms with Gasteiger partial charge < -0.3 is 4.90 Å². The summed E-state index contributed by atoms with van der Waals surface area (Å²) in [5, 5.41) is 1.01. The molecule has 3 heteroatoms. The molecule has 1 fully saturated rings. The van der Waals surface area contributed by atoms with Crippen molar-refractivity contribution >= 4 is 21.8 Å². The lowest BCUT2D eigenvalue weighted by Gasteiger charge is -2.29. The Bertz CT molecular complexity index is 208. The number of rotatable bonds is 5. The Labute approximate surface area is 108 Å². The van der Waals surface area contributed by atoms with Crippen LogP contribution in [0, 0.1) is 0 Å². The Morgan fingerprint density at radius 1 is 1.31 bits per heavy atom. The average Bonchev–Trinajstić information content (AvgIpc) is 2.54. The van der Waals surface area contributed by atoms with Crippen molar-refractivity contribution < 1.29 is 4.79 Å². The van der Waals surface area contributed by atoms with Gasteiger partial charge in [-0.1, -0.05) is 35.7 Å². The Hall–Kier alpha value is -0.0500. The maximum atomic E-state index is 12.1. The van der Waals surface area contributed by atoms with E-state index in [1.54, 1.807) is 0 Å². The predicted octanol–water partition coefficient (Wildman–Crippen LogP) is 3.73. The zero-order chi connectivity index (χ0) is 11.8. The fraction of sp³-hybridized carbons (Fsp3) is 0.923. The molecular weight excluding hydrogens is 266 g/mol. The molecule has 1 aliphatic heterocycles. The SMILES string of the molecule is CCC1CCCCCN1C(=O)CCCCBr. The second kappa shape index (κ2) is 8.10. The molecular formula is C13H24BrNO. The zero-order valence-corrected chi connectivity index (χ0v) is 12.0. The number of hydrogen-bond donors (Lipinski definition) is 0. The summed E-state index contributed by atoms with van der Waals surface area (Å²) >= 11 is 3.41. The standard InChI is InChI=1S/C13H24BrNO/c1-2-12-8-4-3-7-11-15(12)13(16)9-5-6-10-14/h12H,2-11H2,1H3.